The van der Waals surface area contributed by atoms with E-state index in [4.69, 9.17) is 4.42 Å². The van der Waals surface area contributed by atoms with E-state index in [1.165, 1.54) is 28.9 Å². The topological polar surface area (TPSA) is 61.2 Å². The Bertz CT molecular complexity index is 1220. The van der Waals surface area contributed by atoms with Gasteiger partial charge < -0.3 is 14.2 Å². The number of rotatable bonds is 5. The molecular weight excluding hydrogens is 398 g/mol. The van der Waals surface area contributed by atoms with Crippen LogP contribution in [-0.2, 0) is 11.8 Å². The molecule has 0 unspecified atom stereocenters. The lowest BCUT2D eigenvalue weighted by atomic mass is 9.68. The van der Waals surface area contributed by atoms with Gasteiger partial charge in [0.2, 0.25) is 0 Å². The fourth-order valence-electron chi connectivity index (χ4n) is 4.48. The van der Waals surface area contributed by atoms with Crippen molar-refractivity contribution in [3.63, 3.8) is 0 Å². The molecule has 0 aliphatic heterocycles. The summed E-state index contributed by atoms with van der Waals surface area (Å²) in [5, 5.41) is 7.85. The lowest BCUT2D eigenvalue weighted by molar-refractivity contribution is 0.558. The molecule has 0 bridgehead atoms. The van der Waals surface area contributed by atoms with Crippen molar-refractivity contribution in [1.82, 2.24) is 15.2 Å². The van der Waals surface area contributed by atoms with Gasteiger partial charge in [0.15, 0.2) is 6.39 Å². The minimum absolute atomic E-state index is 0.321. The van der Waals surface area contributed by atoms with Gasteiger partial charge in [0.1, 0.15) is 17.7 Å². The molecule has 2 aromatic carbocycles. The summed E-state index contributed by atoms with van der Waals surface area (Å²) in [6.07, 6.45) is 8.34. The number of aromatic amines is 1. The summed E-state index contributed by atoms with van der Waals surface area (Å²) in [4.78, 5) is 8.57. The van der Waals surface area contributed by atoms with Crippen molar-refractivity contribution in [1.29, 1.82) is 0 Å². The third-order valence-electron chi connectivity index (χ3n) is 6.30. The summed E-state index contributed by atoms with van der Waals surface area (Å²) in [6, 6.07) is 17.6. The number of H-pyrrole nitrogens is 1. The van der Waals surface area contributed by atoms with E-state index in [0.717, 1.165) is 29.1 Å². The molecule has 5 rings (SSSR count). The number of hydrogen-bond donors (Lipinski definition) is 1. The predicted octanol–water partition coefficient (Wildman–Crippen LogP) is 4.75. The van der Waals surface area contributed by atoms with Gasteiger partial charge in [-0.1, -0.05) is 36.4 Å². The fraction of sp³-hybridized carbons (Fsp3) is 0.231. The van der Waals surface area contributed by atoms with Crippen LogP contribution in [0.4, 0.5) is 11.4 Å². The molecule has 6 nitrogen and oxygen atoms in total. The van der Waals surface area contributed by atoms with Gasteiger partial charge >= 0.3 is 0 Å². The van der Waals surface area contributed by atoms with Crippen molar-refractivity contribution < 1.29 is 4.42 Å². The van der Waals surface area contributed by atoms with Crippen molar-refractivity contribution in [3.05, 3.63) is 89.6 Å². The molecule has 0 saturated heterocycles. The highest BCUT2D eigenvalue weighted by atomic mass is 16.3. The largest absolute Gasteiger partial charge is 0.451 e. The van der Waals surface area contributed by atoms with Crippen molar-refractivity contribution >= 4 is 17.5 Å². The van der Waals surface area contributed by atoms with Crippen LogP contribution in [0.2, 0.25) is 0 Å². The summed E-state index contributed by atoms with van der Waals surface area (Å²) in [5.74, 6) is 0. The molecule has 2 aromatic heterocycles. The number of benzene rings is 2. The highest BCUT2D eigenvalue weighted by Crippen LogP contribution is 2.44. The molecule has 4 aromatic rings. The quantitative estimate of drug-likeness (QED) is 0.500. The molecular formula is C26H27N5O. The van der Waals surface area contributed by atoms with Crippen LogP contribution in [-0.4, -0.2) is 43.4 Å². The molecule has 0 spiro atoms. The maximum Gasteiger partial charge on any atom is 0.181 e. The first-order chi connectivity index (χ1) is 15.5. The van der Waals surface area contributed by atoms with Gasteiger partial charge in [0.05, 0.1) is 0 Å². The lowest BCUT2D eigenvalue weighted by Gasteiger charge is -2.35. The number of nitrogens with one attached hydrogen (secondary N) is 1. The van der Waals surface area contributed by atoms with E-state index >= 15 is 0 Å². The van der Waals surface area contributed by atoms with Crippen LogP contribution >= 0.6 is 0 Å². The highest BCUT2D eigenvalue weighted by molar-refractivity contribution is 5.75. The Labute approximate surface area is 188 Å². The number of anilines is 2. The van der Waals surface area contributed by atoms with Crippen LogP contribution in [0.3, 0.4) is 0 Å². The summed E-state index contributed by atoms with van der Waals surface area (Å²) in [7, 11) is 8.30. The second-order valence-electron chi connectivity index (χ2n) is 8.71. The van der Waals surface area contributed by atoms with E-state index in [-0.39, 0.29) is 5.41 Å². The lowest BCUT2D eigenvalue weighted by Crippen LogP contribution is -2.31. The zero-order chi connectivity index (χ0) is 22.3. The molecule has 0 fully saturated rings. The maximum atomic E-state index is 5.18. The van der Waals surface area contributed by atoms with Crippen LogP contribution in [0, 0.1) is 0 Å². The summed E-state index contributed by atoms with van der Waals surface area (Å²) in [6.45, 7) is 0. The van der Waals surface area contributed by atoms with Gasteiger partial charge in [-0.05, 0) is 35.4 Å². The van der Waals surface area contributed by atoms with Gasteiger partial charge in [0, 0.05) is 62.7 Å². The molecule has 6 heteroatoms. The predicted molar refractivity (Wildman–Crippen MR) is 129 cm³/mol. The van der Waals surface area contributed by atoms with Gasteiger partial charge in [-0.3, -0.25) is 5.10 Å². The first-order valence-corrected chi connectivity index (χ1v) is 10.7. The molecule has 1 aliphatic rings. The van der Waals surface area contributed by atoms with Gasteiger partial charge in [0.25, 0.3) is 0 Å². The summed E-state index contributed by atoms with van der Waals surface area (Å²) in [5.41, 5.74) is 8.26. The van der Waals surface area contributed by atoms with Crippen LogP contribution in [0.15, 0.2) is 71.7 Å². The monoisotopic (exact) mass is 425 g/mol. The Morgan fingerprint density at radius 1 is 0.938 bits per heavy atom. The van der Waals surface area contributed by atoms with Crippen LogP contribution in [0.25, 0.3) is 17.5 Å². The number of allylic oxidation sites excluding steroid dienone is 1. The van der Waals surface area contributed by atoms with Gasteiger partial charge in [-0.25, -0.2) is 4.98 Å². The van der Waals surface area contributed by atoms with Crippen molar-refractivity contribution in [2.45, 2.75) is 11.8 Å². The average molecular weight is 426 g/mol. The minimum atomic E-state index is -0.321. The van der Waals surface area contributed by atoms with Crippen molar-refractivity contribution in [2.75, 3.05) is 38.0 Å². The fourth-order valence-corrected chi connectivity index (χ4v) is 4.48. The number of hydrogen-bond acceptors (Lipinski definition) is 5. The maximum absolute atomic E-state index is 5.18. The normalized spacial score (nSPS) is 14.2. The Kier molecular flexibility index (Phi) is 4.85. The Morgan fingerprint density at radius 3 is 2.16 bits per heavy atom. The minimum Gasteiger partial charge on any atom is -0.451 e. The number of oxazole rings is 1. The molecule has 32 heavy (non-hydrogen) atoms. The van der Waals surface area contributed by atoms with Crippen molar-refractivity contribution in [3.8, 4) is 11.4 Å². The first-order valence-electron chi connectivity index (χ1n) is 10.7. The van der Waals surface area contributed by atoms with Crippen LogP contribution < -0.4 is 9.80 Å². The highest BCUT2D eigenvalue weighted by Gasteiger charge is 2.37. The zero-order valence-corrected chi connectivity index (χ0v) is 18.8. The Balaban J connectivity index is 1.69. The third-order valence-corrected chi connectivity index (χ3v) is 6.30. The summed E-state index contributed by atoms with van der Waals surface area (Å²) < 4.78 is 5.18. The van der Waals surface area contributed by atoms with E-state index < -0.39 is 0 Å². The number of aromatic nitrogens is 3. The molecule has 1 N–H and O–H groups in total. The molecule has 0 radical (unpaired) electrons. The zero-order valence-electron chi connectivity index (χ0n) is 18.8. The van der Waals surface area contributed by atoms with E-state index in [1.807, 2.05) is 0 Å². The molecule has 0 amide bonds. The second-order valence-corrected chi connectivity index (χ2v) is 8.71. The summed E-state index contributed by atoms with van der Waals surface area (Å²) >= 11 is 0. The van der Waals surface area contributed by atoms with E-state index in [2.05, 4.69) is 114 Å². The smallest absolute Gasteiger partial charge is 0.181 e. The number of nitrogens with zero attached hydrogens (tertiary/aromatic N) is 4. The molecule has 0 saturated carbocycles. The van der Waals surface area contributed by atoms with E-state index in [1.54, 1.807) is 6.26 Å². The standard InChI is InChI=1S/C26H27N5O/c1-30(2)20-9-5-7-18(13-20)26(19-8-6-10-21(14-19)31(3)4)12-11-22-23(15-26)28-29-25(22)24-16-32-17-27-24/h5-14,16-17H,15H2,1-4H3,(H,28,29). The molecule has 1 aliphatic carbocycles. The second kappa shape index (κ2) is 7.71. The van der Waals surface area contributed by atoms with Gasteiger partial charge in [-0.2, -0.15) is 5.10 Å². The van der Waals surface area contributed by atoms with E-state index in [9.17, 15) is 0 Å². The first kappa shape index (κ1) is 20.1. The molecule has 0 atom stereocenters. The van der Waals surface area contributed by atoms with Gasteiger partial charge in [-0.15, -0.1) is 0 Å². The van der Waals surface area contributed by atoms with E-state index in [0.29, 0.717) is 0 Å². The SMILES string of the molecule is CN(C)c1cccc(C2(c3cccc(N(C)C)c3)C=Cc3c(-c4cocn4)n[nH]c3C2)c1. The average Bonchev–Trinajstić information content (AvgIpc) is 3.48. The molecule has 2 heterocycles. The van der Waals surface area contributed by atoms with Crippen LogP contribution in [0.5, 0.6) is 0 Å². The Morgan fingerprint density at radius 2 is 1.59 bits per heavy atom. The van der Waals surface area contributed by atoms with Crippen molar-refractivity contribution in [2.24, 2.45) is 0 Å². The van der Waals surface area contributed by atoms with Crippen LogP contribution in [0.1, 0.15) is 22.4 Å². The number of fused-ring (bicyclic) bond motifs is 1. The Hall–Kier alpha value is -3.80. The molecule has 162 valence electrons. The third kappa shape index (κ3) is 3.28.